The Morgan fingerprint density at radius 2 is 0.711 bits per heavy atom. The molecule has 13 atom stereocenters. The second-order valence-electron chi connectivity index (χ2n) is 7.29. The molecule has 0 saturated carbocycles. The Labute approximate surface area is 200 Å². The molecule has 0 rings (SSSR count). The van der Waals surface area contributed by atoms with E-state index in [0.29, 0.717) is 0 Å². The van der Waals surface area contributed by atoms with Gasteiger partial charge in [0.15, 0.2) is 67.9 Å². The zero-order valence-electron chi connectivity index (χ0n) is 17.4. The van der Waals surface area contributed by atoms with Crippen LogP contribution in [0.4, 0.5) is 79.0 Å². The standard InChI is InChI=1S/C15H14F18O4S/c16-1(3(18)5(20)7(22)9(24)11(26)13(28)37-38(34,35)36)2(17)4(19)6(21)8(23)10(25)12(27)14(29,30)15(31,32)33/h1-13H,(H,34,35,36). The van der Waals surface area contributed by atoms with Crippen LogP contribution in [0, 0.1) is 0 Å². The van der Waals surface area contributed by atoms with Gasteiger partial charge in [0, 0.05) is 0 Å². The number of hydrogen-bond acceptors (Lipinski definition) is 3. The predicted molar refractivity (Wildman–Crippen MR) is 87.3 cm³/mol. The molecule has 0 bridgehead atoms. The molecule has 1 N–H and O–H groups in total. The molecule has 4 nitrogen and oxygen atoms in total. The van der Waals surface area contributed by atoms with Gasteiger partial charge in [0.2, 0.25) is 6.17 Å². The van der Waals surface area contributed by atoms with Crippen LogP contribution in [0.3, 0.4) is 0 Å². The fourth-order valence-electron chi connectivity index (χ4n) is 2.41. The summed E-state index contributed by atoms with van der Waals surface area (Å²) in [5.41, 5.74) is 0. The van der Waals surface area contributed by atoms with Crippen LogP contribution in [0.1, 0.15) is 0 Å². The third-order valence-corrected chi connectivity index (χ3v) is 4.94. The molecule has 0 fully saturated rings. The van der Waals surface area contributed by atoms with Crippen LogP contribution >= 0.6 is 0 Å². The van der Waals surface area contributed by atoms with Crippen LogP contribution in [0.5, 0.6) is 0 Å². The summed E-state index contributed by atoms with van der Waals surface area (Å²) in [7, 11) is -5.88. The molecule has 0 aromatic carbocycles. The SMILES string of the molecule is O=S(=O)(O)OC(F)C(F)C(F)C(F)C(F)C(F)C(F)C(F)C(F)C(F)C(F)C(F)C(F)C(F)(F)C(F)(F)F. The van der Waals surface area contributed by atoms with E-state index in [4.69, 9.17) is 4.55 Å². The van der Waals surface area contributed by atoms with E-state index in [-0.39, 0.29) is 0 Å². The first kappa shape index (κ1) is 36.6. The third-order valence-electron chi connectivity index (χ3n) is 4.51. The molecule has 230 valence electrons. The van der Waals surface area contributed by atoms with Crippen molar-refractivity contribution in [3.8, 4) is 0 Å². The first-order valence-corrected chi connectivity index (χ1v) is 10.6. The smallest absolute Gasteiger partial charge is 0.263 e. The highest BCUT2D eigenvalue weighted by molar-refractivity contribution is 7.80. The van der Waals surface area contributed by atoms with Crippen molar-refractivity contribution in [1.29, 1.82) is 0 Å². The molecule has 0 saturated heterocycles. The lowest BCUT2D eigenvalue weighted by atomic mass is 9.94. The summed E-state index contributed by atoms with van der Waals surface area (Å²) in [6.45, 7) is 0. The minimum Gasteiger partial charge on any atom is -0.263 e. The summed E-state index contributed by atoms with van der Waals surface area (Å²) in [5, 5.41) is 0. The van der Waals surface area contributed by atoms with Crippen molar-refractivity contribution in [3.05, 3.63) is 0 Å². The van der Waals surface area contributed by atoms with Gasteiger partial charge in [-0.25, -0.2) is 61.3 Å². The first-order valence-electron chi connectivity index (χ1n) is 9.24. The van der Waals surface area contributed by atoms with Crippen molar-refractivity contribution in [2.45, 2.75) is 92.5 Å². The Morgan fingerprint density at radius 3 is 0.947 bits per heavy atom. The lowest BCUT2D eigenvalue weighted by molar-refractivity contribution is -0.311. The fourth-order valence-corrected chi connectivity index (χ4v) is 2.75. The molecule has 0 aliphatic heterocycles. The van der Waals surface area contributed by atoms with Crippen LogP contribution in [0.25, 0.3) is 0 Å². The Kier molecular flexibility index (Phi) is 12.8. The molecule has 38 heavy (non-hydrogen) atoms. The van der Waals surface area contributed by atoms with Gasteiger partial charge in [-0.05, 0) is 0 Å². The van der Waals surface area contributed by atoms with Crippen molar-refractivity contribution in [3.63, 3.8) is 0 Å². The lowest BCUT2D eigenvalue weighted by Crippen LogP contribution is -2.55. The summed E-state index contributed by atoms with van der Waals surface area (Å²) in [5.74, 6) is -6.72. The molecule has 0 aromatic heterocycles. The topological polar surface area (TPSA) is 63.6 Å². The second-order valence-corrected chi connectivity index (χ2v) is 8.33. The number of halogens is 18. The highest BCUT2D eigenvalue weighted by Crippen LogP contribution is 2.43. The number of hydrogen-bond donors (Lipinski definition) is 1. The maximum atomic E-state index is 13.7. The van der Waals surface area contributed by atoms with Gasteiger partial charge in [-0.2, -0.15) is 30.4 Å². The molecular weight excluding hydrogens is 618 g/mol. The van der Waals surface area contributed by atoms with Crippen molar-refractivity contribution >= 4 is 10.4 Å². The van der Waals surface area contributed by atoms with E-state index in [9.17, 15) is 87.4 Å². The molecule has 0 aromatic rings. The maximum absolute atomic E-state index is 13.7. The quantitative estimate of drug-likeness (QED) is 0.195. The average molecular weight is 632 g/mol. The van der Waals surface area contributed by atoms with Gasteiger partial charge in [0.25, 0.3) is 6.36 Å². The fraction of sp³-hybridized carbons (Fsp3) is 1.00. The molecule has 0 heterocycles. The summed E-state index contributed by atoms with van der Waals surface area (Å²) in [4.78, 5) is 0. The van der Waals surface area contributed by atoms with Crippen LogP contribution in [0.15, 0.2) is 0 Å². The normalized spacial score (nSPS) is 24.2. The Morgan fingerprint density at radius 1 is 0.474 bits per heavy atom. The maximum Gasteiger partial charge on any atom is 0.456 e. The van der Waals surface area contributed by atoms with Crippen molar-refractivity contribution in [2.75, 3.05) is 0 Å². The molecule has 23 heteroatoms. The minimum absolute atomic E-state index is 2.79. The third kappa shape index (κ3) is 8.81. The zero-order valence-corrected chi connectivity index (χ0v) is 18.2. The number of alkyl halides is 18. The molecule has 0 aliphatic carbocycles. The van der Waals surface area contributed by atoms with Gasteiger partial charge in [0.1, 0.15) is 0 Å². The van der Waals surface area contributed by atoms with Gasteiger partial charge in [-0.3, -0.25) is 4.55 Å². The lowest BCUT2D eigenvalue weighted by Gasteiger charge is -2.30. The van der Waals surface area contributed by atoms with Crippen molar-refractivity contribution in [1.82, 2.24) is 0 Å². The average Bonchev–Trinajstić information content (AvgIpc) is 2.80. The molecule has 0 amide bonds. The van der Waals surface area contributed by atoms with E-state index >= 15 is 0 Å². The molecule has 13 unspecified atom stereocenters. The predicted octanol–water partition coefficient (Wildman–Crippen LogP) is 5.36. The first-order chi connectivity index (χ1) is 16.8. The second kappa shape index (κ2) is 13.3. The van der Waals surface area contributed by atoms with E-state index < -0.39 is 103 Å². The van der Waals surface area contributed by atoms with Gasteiger partial charge in [-0.1, -0.05) is 0 Å². The Balaban J connectivity index is 5.46. The van der Waals surface area contributed by atoms with Gasteiger partial charge >= 0.3 is 22.5 Å². The van der Waals surface area contributed by atoms with Crippen LogP contribution in [-0.2, 0) is 14.6 Å². The van der Waals surface area contributed by atoms with Gasteiger partial charge in [0.05, 0.1) is 0 Å². The Bertz CT molecular complexity index is 831. The highest BCUT2D eigenvalue weighted by atomic mass is 32.3. The summed E-state index contributed by atoms with van der Waals surface area (Å²) in [6.07, 6.45) is -66.6. The summed E-state index contributed by atoms with van der Waals surface area (Å²) >= 11 is 0. The zero-order chi connectivity index (χ0) is 30.7. The van der Waals surface area contributed by atoms with Crippen LogP contribution in [-0.4, -0.2) is 105 Å². The highest BCUT2D eigenvalue weighted by Gasteiger charge is 2.67. The monoisotopic (exact) mass is 632 g/mol. The number of rotatable bonds is 15. The van der Waals surface area contributed by atoms with Gasteiger partial charge < -0.3 is 0 Å². The largest absolute Gasteiger partial charge is 0.456 e. The van der Waals surface area contributed by atoms with Crippen LogP contribution < -0.4 is 0 Å². The van der Waals surface area contributed by atoms with E-state index in [0.717, 1.165) is 0 Å². The molecular formula is C15H14F18O4S. The van der Waals surface area contributed by atoms with E-state index in [1.54, 1.807) is 0 Å². The summed E-state index contributed by atoms with van der Waals surface area (Å²) < 4.78 is 267. The van der Waals surface area contributed by atoms with Crippen LogP contribution in [0.2, 0.25) is 0 Å². The van der Waals surface area contributed by atoms with E-state index in [1.165, 1.54) is 0 Å². The van der Waals surface area contributed by atoms with E-state index in [1.807, 2.05) is 0 Å². The molecule has 0 radical (unpaired) electrons. The van der Waals surface area contributed by atoms with E-state index in [2.05, 4.69) is 4.18 Å². The van der Waals surface area contributed by atoms with Crippen molar-refractivity contribution < 1.29 is 96.2 Å². The summed E-state index contributed by atoms with van der Waals surface area (Å²) in [6, 6.07) is 0. The van der Waals surface area contributed by atoms with Crippen molar-refractivity contribution in [2.24, 2.45) is 0 Å². The van der Waals surface area contributed by atoms with Gasteiger partial charge in [-0.15, -0.1) is 0 Å². The molecule has 0 aliphatic rings. The minimum atomic E-state index is -6.90. The molecule has 0 spiro atoms. The Hall–Kier alpha value is -1.39.